The van der Waals surface area contributed by atoms with Crippen LogP contribution in [0.15, 0.2) is 23.1 Å². The maximum Gasteiger partial charge on any atom is 0.252 e. The molecule has 1 fully saturated rings. The van der Waals surface area contributed by atoms with Crippen LogP contribution >= 0.6 is 0 Å². The molecule has 2 aromatic rings. The van der Waals surface area contributed by atoms with Crippen molar-refractivity contribution in [3.8, 4) is 0 Å². The number of aromatic nitrogens is 3. The van der Waals surface area contributed by atoms with Crippen LogP contribution in [0.3, 0.4) is 0 Å². The molecule has 5 nitrogen and oxygen atoms in total. The molecule has 118 valence electrons. The third-order valence-electron chi connectivity index (χ3n) is 4.75. The van der Waals surface area contributed by atoms with Crippen LogP contribution in [0.4, 0.5) is 5.95 Å². The molecule has 1 atom stereocenters. The lowest BCUT2D eigenvalue weighted by Crippen LogP contribution is -2.28. The number of fused-ring (bicyclic) bond motifs is 1. The lowest BCUT2D eigenvalue weighted by Gasteiger charge is -2.28. The van der Waals surface area contributed by atoms with E-state index in [1.165, 1.54) is 32.1 Å². The van der Waals surface area contributed by atoms with Crippen LogP contribution in [-0.2, 0) is 6.54 Å². The standard InChI is InChI=1S/C17H24N4O/c1-3-21-15(22)10-9-14-11-18-17(20-16(14)21)19-12(2)13-7-5-4-6-8-13/h9-13H,3-8H2,1-2H3,(H,18,19,20)/t12-/m0/s1. The molecule has 0 spiro atoms. The number of hydrogen-bond donors (Lipinski definition) is 1. The van der Waals surface area contributed by atoms with E-state index in [2.05, 4.69) is 22.2 Å². The van der Waals surface area contributed by atoms with Gasteiger partial charge in [0.05, 0.1) is 0 Å². The third-order valence-corrected chi connectivity index (χ3v) is 4.75. The lowest BCUT2D eigenvalue weighted by molar-refractivity contribution is 0.327. The van der Waals surface area contributed by atoms with E-state index in [0.29, 0.717) is 30.1 Å². The fourth-order valence-corrected chi connectivity index (χ4v) is 3.40. The average Bonchev–Trinajstić information content (AvgIpc) is 2.55. The van der Waals surface area contributed by atoms with Gasteiger partial charge in [-0.1, -0.05) is 19.3 Å². The molecular formula is C17H24N4O. The van der Waals surface area contributed by atoms with Crippen molar-refractivity contribution in [1.29, 1.82) is 0 Å². The number of aryl methyl sites for hydroxylation is 1. The summed E-state index contributed by atoms with van der Waals surface area (Å²) in [5.74, 6) is 1.32. The third kappa shape index (κ3) is 2.98. The Bertz CT molecular complexity index is 703. The van der Waals surface area contributed by atoms with Crippen LogP contribution in [0.25, 0.3) is 11.0 Å². The van der Waals surface area contributed by atoms with Gasteiger partial charge in [0.15, 0.2) is 0 Å². The Kier molecular flexibility index (Phi) is 4.41. The predicted molar refractivity (Wildman–Crippen MR) is 89.1 cm³/mol. The molecule has 2 heterocycles. The van der Waals surface area contributed by atoms with Crippen molar-refractivity contribution >= 4 is 17.0 Å². The predicted octanol–water partition coefficient (Wildman–Crippen LogP) is 3.19. The number of rotatable bonds is 4. The summed E-state index contributed by atoms with van der Waals surface area (Å²) in [4.78, 5) is 20.9. The zero-order chi connectivity index (χ0) is 15.5. The number of nitrogens with zero attached hydrogens (tertiary/aromatic N) is 3. The summed E-state index contributed by atoms with van der Waals surface area (Å²) in [6.45, 7) is 4.78. The fourth-order valence-electron chi connectivity index (χ4n) is 3.40. The molecule has 1 N–H and O–H groups in total. The first-order chi connectivity index (χ1) is 10.7. The summed E-state index contributed by atoms with van der Waals surface area (Å²) in [6.07, 6.45) is 8.36. The zero-order valence-electron chi connectivity index (χ0n) is 13.4. The van der Waals surface area contributed by atoms with Gasteiger partial charge in [-0.15, -0.1) is 0 Å². The van der Waals surface area contributed by atoms with E-state index < -0.39 is 0 Å². The molecule has 0 unspecified atom stereocenters. The highest BCUT2D eigenvalue weighted by molar-refractivity contribution is 5.75. The molecule has 2 aromatic heterocycles. The zero-order valence-corrected chi connectivity index (χ0v) is 13.4. The van der Waals surface area contributed by atoms with Gasteiger partial charge in [-0.25, -0.2) is 4.98 Å². The van der Waals surface area contributed by atoms with Crippen LogP contribution in [0.1, 0.15) is 46.0 Å². The Morgan fingerprint density at radius 3 is 2.82 bits per heavy atom. The first-order valence-corrected chi connectivity index (χ1v) is 8.32. The minimum atomic E-state index is -0.0139. The van der Waals surface area contributed by atoms with Crippen LogP contribution in [-0.4, -0.2) is 20.6 Å². The van der Waals surface area contributed by atoms with Gasteiger partial charge in [0.2, 0.25) is 5.95 Å². The Balaban J connectivity index is 1.86. The number of pyridine rings is 1. The molecular weight excluding hydrogens is 276 g/mol. The molecule has 1 aliphatic rings. The molecule has 1 aliphatic carbocycles. The summed E-state index contributed by atoms with van der Waals surface area (Å²) >= 11 is 0. The molecule has 0 bridgehead atoms. The topological polar surface area (TPSA) is 59.8 Å². The molecule has 22 heavy (non-hydrogen) atoms. The van der Waals surface area contributed by atoms with Gasteiger partial charge in [0.25, 0.3) is 5.56 Å². The monoisotopic (exact) mass is 300 g/mol. The first kappa shape index (κ1) is 15.0. The van der Waals surface area contributed by atoms with Crippen molar-refractivity contribution in [1.82, 2.24) is 14.5 Å². The second-order valence-corrected chi connectivity index (χ2v) is 6.22. The molecule has 0 aliphatic heterocycles. The van der Waals surface area contributed by atoms with Gasteiger partial charge in [0.1, 0.15) is 5.65 Å². The smallest absolute Gasteiger partial charge is 0.252 e. The van der Waals surface area contributed by atoms with Crippen molar-refractivity contribution in [2.75, 3.05) is 5.32 Å². The highest BCUT2D eigenvalue weighted by Crippen LogP contribution is 2.27. The van der Waals surface area contributed by atoms with E-state index in [-0.39, 0.29) is 5.56 Å². The number of anilines is 1. The molecule has 0 saturated heterocycles. The van der Waals surface area contributed by atoms with E-state index in [9.17, 15) is 4.79 Å². The lowest BCUT2D eigenvalue weighted by atomic mass is 9.85. The summed E-state index contributed by atoms with van der Waals surface area (Å²) < 4.78 is 1.69. The first-order valence-electron chi connectivity index (χ1n) is 8.32. The Labute approximate surface area is 130 Å². The van der Waals surface area contributed by atoms with Crippen molar-refractivity contribution in [3.63, 3.8) is 0 Å². The van der Waals surface area contributed by atoms with E-state index in [1.54, 1.807) is 22.9 Å². The minimum Gasteiger partial charge on any atom is -0.351 e. The van der Waals surface area contributed by atoms with Gasteiger partial charge in [-0.3, -0.25) is 9.36 Å². The van der Waals surface area contributed by atoms with Crippen molar-refractivity contribution in [2.45, 2.75) is 58.5 Å². The SMILES string of the molecule is CCn1c(=O)ccc2cnc(N[C@@H](C)C3CCCCC3)nc21. The molecule has 5 heteroatoms. The maximum atomic E-state index is 11.9. The van der Waals surface area contributed by atoms with Gasteiger partial charge >= 0.3 is 0 Å². The molecule has 0 radical (unpaired) electrons. The van der Waals surface area contributed by atoms with Crippen molar-refractivity contribution < 1.29 is 0 Å². The highest BCUT2D eigenvalue weighted by atomic mass is 16.1. The fraction of sp³-hybridized carbons (Fsp3) is 0.588. The minimum absolute atomic E-state index is 0.0139. The second kappa shape index (κ2) is 6.46. The van der Waals surface area contributed by atoms with Crippen molar-refractivity contribution in [2.24, 2.45) is 5.92 Å². The summed E-state index contributed by atoms with van der Waals surface area (Å²) in [5, 5.41) is 4.34. The Morgan fingerprint density at radius 2 is 2.09 bits per heavy atom. The van der Waals surface area contributed by atoms with E-state index in [4.69, 9.17) is 0 Å². The summed E-state index contributed by atoms with van der Waals surface area (Å²) in [6, 6.07) is 3.73. The van der Waals surface area contributed by atoms with Gasteiger partial charge in [0, 0.05) is 30.2 Å². The molecule has 0 aromatic carbocycles. The quantitative estimate of drug-likeness (QED) is 0.942. The van der Waals surface area contributed by atoms with E-state index in [1.807, 2.05) is 6.92 Å². The average molecular weight is 300 g/mol. The van der Waals surface area contributed by atoms with E-state index in [0.717, 1.165) is 5.39 Å². The van der Waals surface area contributed by atoms with Gasteiger partial charge in [-0.2, -0.15) is 4.98 Å². The van der Waals surface area contributed by atoms with Gasteiger partial charge in [-0.05, 0) is 38.7 Å². The van der Waals surface area contributed by atoms with Gasteiger partial charge < -0.3 is 5.32 Å². The van der Waals surface area contributed by atoms with Crippen LogP contribution in [0.5, 0.6) is 0 Å². The maximum absolute atomic E-state index is 11.9. The molecule has 3 rings (SSSR count). The molecule has 1 saturated carbocycles. The molecule has 0 amide bonds. The van der Waals surface area contributed by atoms with E-state index >= 15 is 0 Å². The highest BCUT2D eigenvalue weighted by Gasteiger charge is 2.20. The van der Waals surface area contributed by atoms with Crippen LogP contribution in [0, 0.1) is 5.92 Å². The normalized spacial score (nSPS) is 17.5. The number of hydrogen-bond acceptors (Lipinski definition) is 4. The second-order valence-electron chi connectivity index (χ2n) is 6.22. The largest absolute Gasteiger partial charge is 0.351 e. The Hall–Kier alpha value is -1.91. The van der Waals surface area contributed by atoms with Crippen LogP contribution in [0.2, 0.25) is 0 Å². The van der Waals surface area contributed by atoms with Crippen LogP contribution < -0.4 is 10.9 Å². The van der Waals surface area contributed by atoms with Crippen molar-refractivity contribution in [3.05, 3.63) is 28.7 Å². The summed E-state index contributed by atoms with van der Waals surface area (Å²) in [5.41, 5.74) is 0.698. The Morgan fingerprint density at radius 1 is 1.32 bits per heavy atom. The summed E-state index contributed by atoms with van der Waals surface area (Å²) in [7, 11) is 0. The number of nitrogens with one attached hydrogen (secondary N) is 1.